The largest absolute Gasteiger partial charge is 0.506 e. The molecule has 1 unspecified atom stereocenters. The third-order valence-electron chi connectivity index (χ3n) is 4.82. The number of phenolic OH excluding ortho intramolecular Hbond substituents is 1. The monoisotopic (exact) mass is 383 g/mol. The summed E-state index contributed by atoms with van der Waals surface area (Å²) in [5, 5.41) is 17.3. The molecule has 1 fully saturated rings. The Balaban J connectivity index is 1.73. The number of hydrogen-bond acceptors (Lipinski definition) is 4. The minimum Gasteiger partial charge on any atom is -0.506 e. The lowest BCUT2D eigenvalue weighted by Gasteiger charge is -2.24. The Kier molecular flexibility index (Phi) is 5.82. The summed E-state index contributed by atoms with van der Waals surface area (Å²) in [7, 11) is 0. The van der Waals surface area contributed by atoms with Gasteiger partial charge in [-0.1, -0.05) is 30.3 Å². The van der Waals surface area contributed by atoms with E-state index in [0.29, 0.717) is 24.8 Å². The lowest BCUT2D eigenvalue weighted by molar-refractivity contribution is -0.128. The molecule has 0 bridgehead atoms. The van der Waals surface area contributed by atoms with Crippen LogP contribution in [-0.4, -0.2) is 52.9 Å². The van der Waals surface area contributed by atoms with Crippen LogP contribution in [0.3, 0.4) is 0 Å². The van der Waals surface area contributed by atoms with Crippen molar-refractivity contribution in [3.63, 3.8) is 0 Å². The first-order valence-electron chi connectivity index (χ1n) is 9.47. The SMILES string of the molecule is CC(C)NC(=O)CNC(=O)C1CCCN1C(=O)c1ccc2ccccc2c1O. The Morgan fingerprint density at radius 1 is 1.18 bits per heavy atom. The van der Waals surface area contributed by atoms with Crippen LogP contribution in [0.25, 0.3) is 10.8 Å². The Morgan fingerprint density at radius 2 is 1.93 bits per heavy atom. The lowest BCUT2D eigenvalue weighted by Crippen LogP contribution is -2.48. The molecular weight excluding hydrogens is 358 g/mol. The zero-order chi connectivity index (χ0) is 20.3. The van der Waals surface area contributed by atoms with Crippen molar-refractivity contribution < 1.29 is 19.5 Å². The van der Waals surface area contributed by atoms with E-state index in [1.54, 1.807) is 24.3 Å². The van der Waals surface area contributed by atoms with E-state index in [2.05, 4.69) is 10.6 Å². The highest BCUT2D eigenvalue weighted by atomic mass is 16.3. The van der Waals surface area contributed by atoms with Gasteiger partial charge >= 0.3 is 0 Å². The molecule has 3 N–H and O–H groups in total. The highest BCUT2D eigenvalue weighted by Gasteiger charge is 2.35. The maximum Gasteiger partial charge on any atom is 0.258 e. The zero-order valence-corrected chi connectivity index (χ0v) is 16.1. The van der Waals surface area contributed by atoms with Crippen LogP contribution in [0.15, 0.2) is 36.4 Å². The maximum atomic E-state index is 13.0. The molecule has 148 valence electrons. The fraction of sp³-hybridized carbons (Fsp3) is 0.381. The van der Waals surface area contributed by atoms with E-state index >= 15 is 0 Å². The highest BCUT2D eigenvalue weighted by molar-refractivity contribution is 6.05. The van der Waals surface area contributed by atoms with Gasteiger partial charge in [-0.05, 0) is 38.1 Å². The van der Waals surface area contributed by atoms with Gasteiger partial charge < -0.3 is 20.6 Å². The molecule has 0 spiro atoms. The molecule has 0 aliphatic carbocycles. The molecule has 0 saturated carbocycles. The third kappa shape index (κ3) is 4.08. The normalized spacial score (nSPS) is 16.4. The fourth-order valence-corrected chi connectivity index (χ4v) is 3.52. The molecule has 1 atom stereocenters. The Labute approximate surface area is 163 Å². The minimum atomic E-state index is -0.648. The molecule has 7 heteroatoms. The van der Waals surface area contributed by atoms with Gasteiger partial charge in [0.15, 0.2) is 0 Å². The molecule has 1 aliphatic rings. The molecule has 0 aromatic heterocycles. The molecule has 28 heavy (non-hydrogen) atoms. The van der Waals surface area contributed by atoms with Crippen LogP contribution in [0.2, 0.25) is 0 Å². The Bertz CT molecular complexity index is 910. The van der Waals surface area contributed by atoms with Crippen LogP contribution >= 0.6 is 0 Å². The molecule has 0 radical (unpaired) electrons. The second-order valence-corrected chi connectivity index (χ2v) is 7.28. The first-order chi connectivity index (χ1) is 13.4. The standard InChI is InChI=1S/C21H25N3O4/c1-13(2)23-18(25)12-22-20(27)17-8-5-11-24(17)21(28)16-10-9-14-6-3-4-7-15(14)19(16)26/h3-4,6-7,9-10,13,17,26H,5,8,11-12H2,1-2H3,(H,22,27)(H,23,25). The van der Waals surface area contributed by atoms with E-state index in [9.17, 15) is 19.5 Å². The average molecular weight is 383 g/mol. The van der Waals surface area contributed by atoms with Crippen LogP contribution < -0.4 is 10.6 Å². The van der Waals surface area contributed by atoms with Crippen molar-refractivity contribution in [2.24, 2.45) is 0 Å². The van der Waals surface area contributed by atoms with E-state index in [1.165, 1.54) is 4.90 Å². The zero-order valence-electron chi connectivity index (χ0n) is 16.1. The second-order valence-electron chi connectivity index (χ2n) is 7.28. The predicted molar refractivity (Wildman–Crippen MR) is 106 cm³/mol. The van der Waals surface area contributed by atoms with Crippen LogP contribution in [0.4, 0.5) is 0 Å². The summed E-state index contributed by atoms with van der Waals surface area (Å²) < 4.78 is 0. The Hall–Kier alpha value is -3.09. The first kappa shape index (κ1) is 19.7. The number of nitrogens with zero attached hydrogens (tertiary/aromatic N) is 1. The molecule has 2 aromatic carbocycles. The number of nitrogens with one attached hydrogen (secondary N) is 2. The van der Waals surface area contributed by atoms with Crippen molar-refractivity contribution in [3.05, 3.63) is 42.0 Å². The summed E-state index contributed by atoms with van der Waals surface area (Å²) in [5.41, 5.74) is 0.177. The summed E-state index contributed by atoms with van der Waals surface area (Å²) in [6, 6.07) is 9.98. The van der Waals surface area contributed by atoms with Gasteiger partial charge in [-0.2, -0.15) is 0 Å². The number of hydrogen-bond donors (Lipinski definition) is 3. The van der Waals surface area contributed by atoms with Gasteiger partial charge in [0.2, 0.25) is 11.8 Å². The summed E-state index contributed by atoms with van der Waals surface area (Å²) >= 11 is 0. The van der Waals surface area contributed by atoms with E-state index < -0.39 is 6.04 Å². The number of fused-ring (bicyclic) bond motifs is 1. The minimum absolute atomic E-state index is 0.00941. The van der Waals surface area contributed by atoms with Crippen molar-refractivity contribution in [1.82, 2.24) is 15.5 Å². The number of rotatable bonds is 5. The van der Waals surface area contributed by atoms with Gasteiger partial charge in [-0.25, -0.2) is 0 Å². The predicted octanol–water partition coefficient (Wildman–Crippen LogP) is 1.79. The number of amides is 3. The molecule has 7 nitrogen and oxygen atoms in total. The van der Waals surface area contributed by atoms with Gasteiger partial charge in [0, 0.05) is 18.0 Å². The average Bonchev–Trinajstić information content (AvgIpc) is 3.15. The van der Waals surface area contributed by atoms with Crippen LogP contribution in [0.5, 0.6) is 5.75 Å². The number of benzene rings is 2. The number of phenols is 1. The summed E-state index contributed by atoms with van der Waals surface area (Å²) in [6.45, 7) is 3.98. The van der Waals surface area contributed by atoms with Gasteiger partial charge in [-0.3, -0.25) is 14.4 Å². The van der Waals surface area contributed by atoms with Crippen LogP contribution in [0, 0.1) is 0 Å². The quantitative estimate of drug-likeness (QED) is 0.733. The molecule has 2 aromatic rings. The first-order valence-corrected chi connectivity index (χ1v) is 9.47. The molecular formula is C21H25N3O4. The van der Waals surface area contributed by atoms with Crippen molar-refractivity contribution >= 4 is 28.5 Å². The van der Waals surface area contributed by atoms with Gasteiger partial charge in [0.05, 0.1) is 12.1 Å². The van der Waals surface area contributed by atoms with Crippen molar-refractivity contribution in [3.8, 4) is 5.75 Å². The number of carbonyl (C=O) groups is 3. The topological polar surface area (TPSA) is 98.7 Å². The van der Waals surface area contributed by atoms with E-state index in [0.717, 1.165) is 5.39 Å². The van der Waals surface area contributed by atoms with Gasteiger partial charge in [-0.15, -0.1) is 0 Å². The van der Waals surface area contributed by atoms with E-state index in [-0.39, 0.29) is 41.6 Å². The smallest absolute Gasteiger partial charge is 0.258 e. The van der Waals surface area contributed by atoms with Crippen molar-refractivity contribution in [2.75, 3.05) is 13.1 Å². The van der Waals surface area contributed by atoms with Gasteiger partial charge in [0.1, 0.15) is 11.8 Å². The molecule has 1 aliphatic heterocycles. The highest BCUT2D eigenvalue weighted by Crippen LogP contribution is 2.31. The Morgan fingerprint density at radius 3 is 2.68 bits per heavy atom. The fourth-order valence-electron chi connectivity index (χ4n) is 3.52. The van der Waals surface area contributed by atoms with E-state index in [4.69, 9.17) is 0 Å². The number of likely N-dealkylation sites (tertiary alicyclic amines) is 1. The van der Waals surface area contributed by atoms with Crippen LogP contribution in [-0.2, 0) is 9.59 Å². The second kappa shape index (κ2) is 8.29. The summed E-state index contributed by atoms with van der Waals surface area (Å²) in [6.07, 6.45) is 1.22. The third-order valence-corrected chi connectivity index (χ3v) is 4.82. The van der Waals surface area contributed by atoms with Crippen LogP contribution in [0.1, 0.15) is 37.0 Å². The molecule has 1 heterocycles. The number of carbonyl (C=O) groups excluding carboxylic acids is 3. The van der Waals surface area contributed by atoms with Crippen molar-refractivity contribution in [1.29, 1.82) is 0 Å². The summed E-state index contributed by atoms with van der Waals surface area (Å²) in [5.74, 6) is -1.09. The molecule has 3 amide bonds. The maximum absolute atomic E-state index is 13.0. The van der Waals surface area contributed by atoms with Gasteiger partial charge in [0.25, 0.3) is 5.91 Å². The van der Waals surface area contributed by atoms with Crippen molar-refractivity contribution in [2.45, 2.75) is 38.8 Å². The summed E-state index contributed by atoms with van der Waals surface area (Å²) in [4.78, 5) is 38.8. The van der Waals surface area contributed by atoms with E-state index in [1.807, 2.05) is 26.0 Å². The number of aromatic hydroxyl groups is 1. The lowest BCUT2D eigenvalue weighted by atomic mass is 10.0. The molecule has 1 saturated heterocycles. The molecule has 3 rings (SSSR count).